The second-order valence-electron chi connectivity index (χ2n) is 8.75. The van der Waals surface area contributed by atoms with Gasteiger partial charge in [-0.25, -0.2) is 0 Å². The van der Waals surface area contributed by atoms with Crippen molar-refractivity contribution in [3.8, 4) is 5.75 Å². The second kappa shape index (κ2) is 7.80. The smallest absolute Gasteiger partial charge is 0.231 e. The molecule has 3 saturated heterocycles. The summed E-state index contributed by atoms with van der Waals surface area (Å²) in [6, 6.07) is 8.89. The molecule has 0 radical (unpaired) electrons. The number of hydrogen-bond donors (Lipinski definition) is 0. The summed E-state index contributed by atoms with van der Waals surface area (Å²) in [7, 11) is 3.91. The van der Waals surface area contributed by atoms with Gasteiger partial charge in [0.15, 0.2) is 0 Å². The third kappa shape index (κ3) is 3.85. The molecule has 3 heterocycles. The van der Waals surface area contributed by atoms with Crippen LogP contribution in [0.3, 0.4) is 0 Å². The molecule has 148 valence electrons. The molecule has 0 spiro atoms. The maximum absolute atomic E-state index is 13.4. The molecule has 0 saturated carbocycles. The number of carbonyl (C=O) groups excluding carboxylic acids is 1. The lowest BCUT2D eigenvalue weighted by Crippen LogP contribution is -2.67. The molecule has 1 aromatic carbocycles. The van der Waals surface area contributed by atoms with Gasteiger partial charge in [0, 0.05) is 32.2 Å². The number of ether oxygens (including phenoxy) is 1. The van der Waals surface area contributed by atoms with Crippen LogP contribution in [0.25, 0.3) is 0 Å². The summed E-state index contributed by atoms with van der Waals surface area (Å²) < 4.78 is 5.40. The second-order valence-corrected chi connectivity index (χ2v) is 8.75. The van der Waals surface area contributed by atoms with Gasteiger partial charge in [-0.15, -0.1) is 0 Å². The van der Waals surface area contributed by atoms with Crippen LogP contribution in [0.2, 0.25) is 0 Å². The molecule has 27 heavy (non-hydrogen) atoms. The minimum absolute atomic E-state index is 0.250. The van der Waals surface area contributed by atoms with E-state index in [1.807, 2.05) is 12.1 Å². The summed E-state index contributed by atoms with van der Waals surface area (Å²) in [6.45, 7) is 6.04. The first-order valence-electron chi connectivity index (χ1n) is 10.4. The van der Waals surface area contributed by atoms with Crippen LogP contribution in [-0.2, 0) is 11.2 Å². The van der Waals surface area contributed by atoms with E-state index in [4.69, 9.17) is 4.74 Å². The van der Waals surface area contributed by atoms with E-state index in [1.165, 1.54) is 31.5 Å². The van der Waals surface area contributed by atoms with Gasteiger partial charge in [0.05, 0.1) is 12.5 Å². The van der Waals surface area contributed by atoms with Gasteiger partial charge in [0.25, 0.3) is 0 Å². The number of methoxy groups -OCH3 is 1. The average Bonchev–Trinajstić information content (AvgIpc) is 3.19. The van der Waals surface area contributed by atoms with E-state index in [0.29, 0.717) is 11.9 Å². The lowest BCUT2D eigenvalue weighted by molar-refractivity contribution is -0.155. The lowest BCUT2D eigenvalue weighted by atomic mass is 9.72. The van der Waals surface area contributed by atoms with E-state index in [0.717, 1.165) is 51.2 Å². The molecular formula is C22H33N3O2. The highest BCUT2D eigenvalue weighted by Gasteiger charge is 2.52. The van der Waals surface area contributed by atoms with Crippen molar-refractivity contribution in [2.24, 2.45) is 5.41 Å². The SMILES string of the molecule is COc1cccc(CC2(C(=O)N3CCCC3)CN(C3CCN(C)CC3)C2)c1. The van der Waals surface area contributed by atoms with Gasteiger partial charge in [-0.3, -0.25) is 9.69 Å². The predicted octanol–water partition coefficient (Wildman–Crippen LogP) is 2.26. The predicted molar refractivity (Wildman–Crippen MR) is 107 cm³/mol. The summed E-state index contributed by atoms with van der Waals surface area (Å²) in [4.78, 5) is 20.5. The summed E-state index contributed by atoms with van der Waals surface area (Å²) in [5.41, 5.74) is 0.963. The number of piperidine rings is 1. The Hall–Kier alpha value is -1.59. The Balaban J connectivity index is 1.49. The zero-order chi connectivity index (χ0) is 18.9. The molecule has 0 bridgehead atoms. The molecular weight excluding hydrogens is 338 g/mol. The number of nitrogens with zero attached hydrogens (tertiary/aromatic N) is 3. The summed E-state index contributed by atoms with van der Waals surface area (Å²) in [6.07, 6.45) is 5.58. The van der Waals surface area contributed by atoms with Crippen LogP contribution in [0, 0.1) is 5.41 Å². The molecule has 0 unspecified atom stereocenters. The van der Waals surface area contributed by atoms with Crippen LogP contribution in [0.5, 0.6) is 5.75 Å². The van der Waals surface area contributed by atoms with Gasteiger partial charge in [0.2, 0.25) is 5.91 Å². The number of carbonyl (C=O) groups is 1. The fraction of sp³-hybridized carbons (Fsp3) is 0.682. The van der Waals surface area contributed by atoms with E-state index >= 15 is 0 Å². The fourth-order valence-electron chi connectivity index (χ4n) is 5.10. The normalized spacial score (nSPS) is 24.0. The van der Waals surface area contributed by atoms with Gasteiger partial charge in [-0.1, -0.05) is 12.1 Å². The number of hydrogen-bond acceptors (Lipinski definition) is 4. The molecule has 0 aliphatic carbocycles. The Morgan fingerprint density at radius 2 is 1.85 bits per heavy atom. The van der Waals surface area contributed by atoms with Crippen molar-refractivity contribution in [2.45, 2.75) is 38.1 Å². The van der Waals surface area contributed by atoms with Gasteiger partial charge in [-0.05, 0) is 69.9 Å². The number of likely N-dealkylation sites (tertiary alicyclic amines) is 3. The molecule has 0 atom stereocenters. The van der Waals surface area contributed by atoms with Crippen molar-refractivity contribution in [1.82, 2.24) is 14.7 Å². The van der Waals surface area contributed by atoms with Gasteiger partial charge in [-0.2, -0.15) is 0 Å². The molecule has 1 aromatic rings. The minimum atomic E-state index is -0.250. The summed E-state index contributed by atoms with van der Waals surface area (Å²) in [5, 5.41) is 0. The molecule has 3 fully saturated rings. The third-order valence-electron chi connectivity index (χ3n) is 6.74. The Kier molecular flexibility index (Phi) is 5.42. The highest BCUT2D eigenvalue weighted by molar-refractivity contribution is 5.85. The molecule has 3 aliphatic heterocycles. The monoisotopic (exact) mass is 371 g/mol. The molecule has 1 amide bonds. The van der Waals surface area contributed by atoms with Gasteiger partial charge < -0.3 is 14.5 Å². The fourth-order valence-corrected chi connectivity index (χ4v) is 5.10. The summed E-state index contributed by atoms with van der Waals surface area (Å²) >= 11 is 0. The maximum Gasteiger partial charge on any atom is 0.231 e. The molecule has 3 aliphatic rings. The van der Waals surface area contributed by atoms with Crippen LogP contribution in [-0.4, -0.2) is 80.1 Å². The first kappa shape index (κ1) is 18.8. The number of amides is 1. The van der Waals surface area contributed by atoms with E-state index in [2.05, 4.69) is 33.9 Å². The average molecular weight is 372 g/mol. The maximum atomic E-state index is 13.4. The minimum Gasteiger partial charge on any atom is -0.497 e. The largest absolute Gasteiger partial charge is 0.497 e. The van der Waals surface area contributed by atoms with Crippen molar-refractivity contribution in [3.05, 3.63) is 29.8 Å². The van der Waals surface area contributed by atoms with Crippen LogP contribution >= 0.6 is 0 Å². The third-order valence-corrected chi connectivity index (χ3v) is 6.74. The Morgan fingerprint density at radius 3 is 2.52 bits per heavy atom. The molecule has 5 nitrogen and oxygen atoms in total. The highest BCUT2D eigenvalue weighted by atomic mass is 16.5. The quantitative estimate of drug-likeness (QED) is 0.795. The molecule has 0 N–H and O–H groups in total. The molecule has 4 rings (SSSR count). The van der Waals surface area contributed by atoms with Gasteiger partial charge in [0.1, 0.15) is 5.75 Å². The van der Waals surface area contributed by atoms with Crippen LogP contribution in [0.1, 0.15) is 31.2 Å². The Labute approximate surface area is 163 Å². The highest BCUT2D eigenvalue weighted by Crippen LogP contribution is 2.40. The standard InChI is InChI=1S/C22H33N3O2/c1-23-12-8-19(9-13-23)25-16-22(17-25,21(26)24-10-3-4-11-24)15-18-6-5-7-20(14-18)27-2/h5-7,14,19H,3-4,8-13,15-17H2,1-2H3. The van der Waals surface area contributed by atoms with Gasteiger partial charge >= 0.3 is 0 Å². The van der Waals surface area contributed by atoms with Crippen LogP contribution in [0.4, 0.5) is 0 Å². The Morgan fingerprint density at radius 1 is 1.15 bits per heavy atom. The first-order chi connectivity index (χ1) is 13.1. The zero-order valence-electron chi connectivity index (χ0n) is 16.8. The Bertz CT molecular complexity index is 657. The summed E-state index contributed by atoms with van der Waals surface area (Å²) in [5.74, 6) is 1.26. The van der Waals surface area contributed by atoms with E-state index in [-0.39, 0.29) is 5.41 Å². The van der Waals surface area contributed by atoms with Crippen molar-refractivity contribution in [1.29, 1.82) is 0 Å². The zero-order valence-corrected chi connectivity index (χ0v) is 16.8. The van der Waals surface area contributed by atoms with Crippen LogP contribution in [0.15, 0.2) is 24.3 Å². The molecule has 0 aromatic heterocycles. The van der Waals surface area contributed by atoms with E-state index in [1.54, 1.807) is 7.11 Å². The van der Waals surface area contributed by atoms with Crippen LogP contribution < -0.4 is 4.74 Å². The van der Waals surface area contributed by atoms with E-state index in [9.17, 15) is 4.79 Å². The van der Waals surface area contributed by atoms with Crippen molar-refractivity contribution in [3.63, 3.8) is 0 Å². The number of rotatable bonds is 5. The van der Waals surface area contributed by atoms with E-state index < -0.39 is 0 Å². The first-order valence-corrected chi connectivity index (χ1v) is 10.4. The van der Waals surface area contributed by atoms with Crippen molar-refractivity contribution >= 4 is 5.91 Å². The lowest BCUT2D eigenvalue weighted by Gasteiger charge is -2.54. The molecule has 5 heteroatoms. The van der Waals surface area contributed by atoms with Crippen molar-refractivity contribution < 1.29 is 9.53 Å². The number of benzene rings is 1. The topological polar surface area (TPSA) is 36.0 Å². The van der Waals surface area contributed by atoms with Crippen molar-refractivity contribution in [2.75, 3.05) is 53.4 Å².